The van der Waals surface area contributed by atoms with Gasteiger partial charge in [-0.3, -0.25) is 9.59 Å². The normalized spacial score (nSPS) is 10.5. The van der Waals surface area contributed by atoms with E-state index in [9.17, 15) is 14.0 Å². The molecule has 0 unspecified atom stereocenters. The Morgan fingerprint density at radius 1 is 1.32 bits per heavy atom. The molecule has 0 radical (unpaired) electrons. The van der Waals surface area contributed by atoms with Crippen LogP contribution in [0.2, 0.25) is 0 Å². The summed E-state index contributed by atoms with van der Waals surface area (Å²) in [6.45, 7) is 0.755. The van der Waals surface area contributed by atoms with Crippen LogP contribution in [0.25, 0.3) is 0 Å². The molecule has 10 heteroatoms. The summed E-state index contributed by atoms with van der Waals surface area (Å²) in [5.74, 6) is -1.22. The van der Waals surface area contributed by atoms with Gasteiger partial charge in [0.15, 0.2) is 0 Å². The van der Waals surface area contributed by atoms with Gasteiger partial charge in [-0.25, -0.2) is 4.39 Å². The van der Waals surface area contributed by atoms with Crippen molar-refractivity contribution in [2.24, 2.45) is 0 Å². The highest BCUT2D eigenvalue weighted by Crippen LogP contribution is 2.14. The molecular formula is C15H17FN4O4S. The number of benzene rings is 1. The van der Waals surface area contributed by atoms with Gasteiger partial charge in [0.2, 0.25) is 10.9 Å². The number of carbonyl (C=O) groups is 2. The maximum absolute atomic E-state index is 13.1. The molecule has 2 amide bonds. The molecule has 1 aromatic carbocycles. The Hall–Kier alpha value is -2.43. The molecule has 1 aromatic heterocycles. The van der Waals surface area contributed by atoms with Crippen molar-refractivity contribution in [3.8, 4) is 0 Å². The summed E-state index contributed by atoms with van der Waals surface area (Å²) in [5.41, 5.74) is 0.325. The molecule has 2 N–H and O–H groups in total. The predicted molar refractivity (Wildman–Crippen MR) is 88.8 cm³/mol. The summed E-state index contributed by atoms with van der Waals surface area (Å²) in [4.78, 5) is 23.5. The number of carbonyl (C=O) groups excluding carboxylic acids is 2. The van der Waals surface area contributed by atoms with Crippen molar-refractivity contribution in [2.75, 3.05) is 32.2 Å². The molecule has 2 rings (SSSR count). The summed E-state index contributed by atoms with van der Waals surface area (Å²) in [7, 11) is 1.54. The average molecular weight is 368 g/mol. The second kappa shape index (κ2) is 9.77. The molecule has 0 aliphatic rings. The van der Waals surface area contributed by atoms with E-state index in [-0.39, 0.29) is 24.1 Å². The van der Waals surface area contributed by atoms with Crippen LogP contribution in [0.4, 0.5) is 10.1 Å². The van der Waals surface area contributed by atoms with Crippen LogP contribution in [0.3, 0.4) is 0 Å². The lowest BCUT2D eigenvalue weighted by Gasteiger charge is -2.04. The van der Waals surface area contributed by atoms with Crippen molar-refractivity contribution in [3.05, 3.63) is 40.1 Å². The summed E-state index contributed by atoms with van der Waals surface area (Å²) < 4.78 is 23.1. The summed E-state index contributed by atoms with van der Waals surface area (Å²) in [6.07, 6.45) is 0. The molecule has 0 saturated carbocycles. The van der Waals surface area contributed by atoms with E-state index in [4.69, 9.17) is 9.47 Å². The third-order valence-corrected chi connectivity index (χ3v) is 3.73. The molecule has 0 spiro atoms. The SMILES string of the molecule is COCCNC(=O)COCc1nnc(C(=O)Nc2cccc(F)c2)s1. The van der Waals surface area contributed by atoms with Gasteiger partial charge in [0.05, 0.1) is 6.61 Å². The van der Waals surface area contributed by atoms with Crippen molar-refractivity contribution in [1.82, 2.24) is 15.5 Å². The lowest BCUT2D eigenvalue weighted by molar-refractivity contribution is -0.126. The fraction of sp³-hybridized carbons (Fsp3) is 0.333. The zero-order valence-corrected chi connectivity index (χ0v) is 14.3. The van der Waals surface area contributed by atoms with Crippen LogP contribution in [-0.4, -0.2) is 48.9 Å². The van der Waals surface area contributed by atoms with Gasteiger partial charge in [-0.05, 0) is 18.2 Å². The van der Waals surface area contributed by atoms with Crippen molar-refractivity contribution in [3.63, 3.8) is 0 Å². The van der Waals surface area contributed by atoms with E-state index < -0.39 is 11.7 Å². The van der Waals surface area contributed by atoms with Crippen LogP contribution in [0.1, 0.15) is 14.8 Å². The molecule has 1 heterocycles. The lowest BCUT2D eigenvalue weighted by atomic mass is 10.3. The minimum absolute atomic E-state index is 0.0581. The maximum Gasteiger partial charge on any atom is 0.286 e. The Morgan fingerprint density at radius 2 is 2.16 bits per heavy atom. The first kappa shape index (κ1) is 18.9. The van der Waals surface area contributed by atoms with Gasteiger partial charge >= 0.3 is 0 Å². The largest absolute Gasteiger partial charge is 0.383 e. The Morgan fingerprint density at radius 3 is 2.92 bits per heavy atom. The van der Waals surface area contributed by atoms with E-state index >= 15 is 0 Å². The average Bonchev–Trinajstić information content (AvgIpc) is 3.04. The molecule has 0 aliphatic carbocycles. The number of rotatable bonds is 9. The number of methoxy groups -OCH3 is 1. The maximum atomic E-state index is 13.1. The fourth-order valence-corrected chi connectivity index (χ4v) is 2.40. The molecule has 134 valence electrons. The van der Waals surface area contributed by atoms with Crippen LogP contribution in [0.5, 0.6) is 0 Å². The van der Waals surface area contributed by atoms with E-state index in [1.807, 2.05) is 0 Å². The minimum atomic E-state index is -0.494. The number of halogens is 1. The van der Waals surface area contributed by atoms with Gasteiger partial charge in [0.1, 0.15) is 24.0 Å². The number of nitrogens with one attached hydrogen (secondary N) is 2. The van der Waals surface area contributed by atoms with Gasteiger partial charge in [0, 0.05) is 19.3 Å². The molecular weight excluding hydrogens is 351 g/mol. The standard InChI is InChI=1S/C15H17FN4O4S/c1-23-6-5-17-12(21)8-24-9-13-19-20-15(25-13)14(22)18-11-4-2-3-10(16)7-11/h2-4,7H,5-6,8-9H2,1H3,(H,17,21)(H,18,22). The van der Waals surface area contributed by atoms with E-state index in [1.54, 1.807) is 13.2 Å². The zero-order chi connectivity index (χ0) is 18.1. The van der Waals surface area contributed by atoms with Gasteiger partial charge in [0.25, 0.3) is 5.91 Å². The second-order valence-corrected chi connectivity index (χ2v) is 5.86. The first-order valence-corrected chi connectivity index (χ1v) is 8.13. The number of hydrogen-bond acceptors (Lipinski definition) is 7. The van der Waals surface area contributed by atoms with Gasteiger partial charge < -0.3 is 20.1 Å². The molecule has 8 nitrogen and oxygen atoms in total. The van der Waals surface area contributed by atoms with Gasteiger partial charge in [-0.2, -0.15) is 0 Å². The van der Waals surface area contributed by atoms with E-state index in [2.05, 4.69) is 20.8 Å². The number of aromatic nitrogens is 2. The smallest absolute Gasteiger partial charge is 0.286 e. The van der Waals surface area contributed by atoms with Crippen LogP contribution in [-0.2, 0) is 20.9 Å². The number of nitrogens with zero attached hydrogens (tertiary/aromatic N) is 2. The quantitative estimate of drug-likeness (QED) is 0.645. The highest BCUT2D eigenvalue weighted by atomic mass is 32.1. The Bertz CT molecular complexity index is 725. The summed E-state index contributed by atoms with van der Waals surface area (Å²) in [6, 6.07) is 5.53. The fourth-order valence-electron chi connectivity index (χ4n) is 1.73. The monoisotopic (exact) mass is 368 g/mol. The summed E-state index contributed by atoms with van der Waals surface area (Å²) >= 11 is 1.03. The van der Waals surface area contributed by atoms with Crippen LogP contribution in [0.15, 0.2) is 24.3 Å². The molecule has 0 fully saturated rings. The highest BCUT2D eigenvalue weighted by Gasteiger charge is 2.14. The van der Waals surface area contributed by atoms with Crippen molar-refractivity contribution < 1.29 is 23.5 Å². The first-order valence-electron chi connectivity index (χ1n) is 7.31. The molecule has 0 bridgehead atoms. The van der Waals surface area contributed by atoms with Gasteiger partial charge in [-0.1, -0.05) is 17.4 Å². The van der Waals surface area contributed by atoms with E-state index in [0.717, 1.165) is 11.3 Å². The predicted octanol–water partition coefficient (Wildman–Crippen LogP) is 1.21. The van der Waals surface area contributed by atoms with E-state index in [0.29, 0.717) is 23.8 Å². The Kier molecular flexibility index (Phi) is 7.38. The highest BCUT2D eigenvalue weighted by molar-refractivity contribution is 7.13. The third-order valence-electron chi connectivity index (χ3n) is 2.83. The zero-order valence-electron chi connectivity index (χ0n) is 13.5. The van der Waals surface area contributed by atoms with Gasteiger partial charge in [-0.15, -0.1) is 10.2 Å². The molecule has 0 saturated heterocycles. The molecule has 25 heavy (non-hydrogen) atoms. The minimum Gasteiger partial charge on any atom is -0.383 e. The topological polar surface area (TPSA) is 102 Å². The van der Waals surface area contributed by atoms with Crippen molar-refractivity contribution in [2.45, 2.75) is 6.61 Å². The van der Waals surface area contributed by atoms with Crippen molar-refractivity contribution in [1.29, 1.82) is 0 Å². The Balaban J connectivity index is 1.77. The number of hydrogen-bond donors (Lipinski definition) is 2. The lowest BCUT2D eigenvalue weighted by Crippen LogP contribution is -2.30. The van der Waals surface area contributed by atoms with Crippen LogP contribution < -0.4 is 10.6 Å². The van der Waals surface area contributed by atoms with Crippen LogP contribution in [0, 0.1) is 5.82 Å². The van der Waals surface area contributed by atoms with Crippen LogP contribution >= 0.6 is 11.3 Å². The number of anilines is 1. The number of amides is 2. The van der Waals surface area contributed by atoms with E-state index in [1.165, 1.54) is 18.2 Å². The molecule has 2 aromatic rings. The molecule has 0 atom stereocenters. The second-order valence-electron chi connectivity index (χ2n) is 4.80. The molecule has 0 aliphatic heterocycles. The Labute approximate surface area is 147 Å². The third kappa shape index (κ3) is 6.53. The summed E-state index contributed by atoms with van der Waals surface area (Å²) in [5, 5.41) is 13.3. The van der Waals surface area contributed by atoms with Crippen molar-refractivity contribution >= 4 is 28.8 Å². The first-order chi connectivity index (χ1) is 12.1. The number of ether oxygens (including phenoxy) is 2.